The normalized spacial score (nSPS) is 13.8. The Balaban J connectivity index is 4.14. The van der Waals surface area contributed by atoms with Crippen molar-refractivity contribution in [3.8, 4) is 0 Å². The molecule has 0 aromatic rings. The average Bonchev–Trinajstić information content (AvgIpc) is 3.41. The third kappa shape index (κ3) is 62.4. The fraction of sp³-hybridized carbons (Fsp3) is 0.765. The van der Waals surface area contributed by atoms with Crippen LogP contribution in [0.25, 0.3) is 0 Å². The molecule has 0 saturated carbocycles. The standard InChI is InChI=1S/C68H122NO8P/c1-6-8-10-12-14-16-18-20-22-24-26-28-30-32-33-34-35-37-39-41-43-45-47-49-51-53-55-57-59-61-68(71)77-66(65-76-78(72,73)75-63-62-69(3,4)5)64-74-67(70)60-58-56-54-52-50-48-46-44-42-40-38-36-31-29-27-25-23-21-19-17-15-13-11-9-7-2/h8,10,14,16,20,22,26,28,32-33,35,37,41,43,66H,6-7,9,11-13,15,17-19,21,23-25,27,29-31,34,36,38-40,42,44-65H2,1-5H3/b10-8-,16-14-,22-20-,28-26-,33-32-,37-35-,43-41-. The summed E-state index contributed by atoms with van der Waals surface area (Å²) in [6.07, 6.45) is 79.3. The first kappa shape index (κ1) is 75.2. The van der Waals surface area contributed by atoms with Gasteiger partial charge < -0.3 is 27.9 Å². The summed E-state index contributed by atoms with van der Waals surface area (Å²) in [4.78, 5) is 38.0. The molecule has 0 aromatic carbocycles. The fourth-order valence-corrected chi connectivity index (χ4v) is 9.72. The molecule has 0 spiro atoms. The number of hydrogen-bond acceptors (Lipinski definition) is 8. The number of unbranched alkanes of at least 4 members (excludes halogenated alkanes) is 31. The van der Waals surface area contributed by atoms with Gasteiger partial charge >= 0.3 is 11.9 Å². The van der Waals surface area contributed by atoms with E-state index in [2.05, 4.69) is 98.9 Å². The van der Waals surface area contributed by atoms with E-state index in [9.17, 15) is 19.0 Å². The molecule has 452 valence electrons. The zero-order valence-corrected chi connectivity index (χ0v) is 52.2. The van der Waals surface area contributed by atoms with E-state index in [1.165, 1.54) is 161 Å². The van der Waals surface area contributed by atoms with Gasteiger partial charge in [-0.1, -0.05) is 285 Å². The molecule has 0 aliphatic carbocycles. The van der Waals surface area contributed by atoms with Gasteiger partial charge in [0.2, 0.25) is 0 Å². The lowest BCUT2D eigenvalue weighted by Gasteiger charge is -2.28. The second-order valence-corrected chi connectivity index (χ2v) is 24.2. The van der Waals surface area contributed by atoms with Crippen molar-refractivity contribution in [2.75, 3.05) is 47.5 Å². The van der Waals surface area contributed by atoms with Crippen LogP contribution in [-0.2, 0) is 32.7 Å². The summed E-state index contributed by atoms with van der Waals surface area (Å²) in [5, 5.41) is 0. The SMILES string of the molecule is CC/C=C\C/C=C\C/C=C\C/C=C\C/C=C\C/C=C\C/C=C\CCCCCCCCCC(=O)OC(COC(=O)CCCCCCCCCCCCCCCCCCCCCCCCCCC)COP(=O)([O-])OCC[N+](C)(C)C. The second kappa shape index (κ2) is 58.8. The molecule has 0 aromatic heterocycles. The lowest BCUT2D eigenvalue weighted by molar-refractivity contribution is -0.870. The molecule has 78 heavy (non-hydrogen) atoms. The summed E-state index contributed by atoms with van der Waals surface area (Å²) < 4.78 is 34.2. The highest BCUT2D eigenvalue weighted by Crippen LogP contribution is 2.38. The maximum Gasteiger partial charge on any atom is 0.306 e. The Labute approximate surface area is 481 Å². The van der Waals surface area contributed by atoms with Crippen molar-refractivity contribution in [3.63, 3.8) is 0 Å². The van der Waals surface area contributed by atoms with Gasteiger partial charge in [0.1, 0.15) is 19.8 Å². The molecule has 0 aliphatic heterocycles. The van der Waals surface area contributed by atoms with Crippen LogP contribution in [0.3, 0.4) is 0 Å². The van der Waals surface area contributed by atoms with E-state index in [-0.39, 0.29) is 32.0 Å². The van der Waals surface area contributed by atoms with E-state index in [0.29, 0.717) is 17.4 Å². The van der Waals surface area contributed by atoms with Gasteiger partial charge in [0.05, 0.1) is 27.7 Å². The number of quaternary nitrogens is 1. The number of esters is 2. The summed E-state index contributed by atoms with van der Waals surface area (Å²) in [5.74, 6) is -0.839. The van der Waals surface area contributed by atoms with Gasteiger partial charge in [0.15, 0.2) is 6.10 Å². The summed E-state index contributed by atoms with van der Waals surface area (Å²) in [6, 6.07) is 0. The van der Waals surface area contributed by atoms with Gasteiger partial charge in [0, 0.05) is 12.8 Å². The number of ether oxygens (including phenoxy) is 2. The van der Waals surface area contributed by atoms with Crippen molar-refractivity contribution in [3.05, 3.63) is 85.1 Å². The highest BCUT2D eigenvalue weighted by Gasteiger charge is 2.22. The minimum Gasteiger partial charge on any atom is -0.756 e. The van der Waals surface area contributed by atoms with E-state index in [1.807, 2.05) is 21.1 Å². The topological polar surface area (TPSA) is 111 Å². The zero-order chi connectivity index (χ0) is 57.0. The minimum atomic E-state index is -4.65. The summed E-state index contributed by atoms with van der Waals surface area (Å²) in [6.45, 7) is 4.14. The molecule has 9 nitrogen and oxygen atoms in total. The first-order chi connectivity index (χ1) is 38.0. The summed E-state index contributed by atoms with van der Waals surface area (Å²) in [5.41, 5.74) is 0. The smallest absolute Gasteiger partial charge is 0.306 e. The Kier molecular flexibility index (Phi) is 56.7. The van der Waals surface area contributed by atoms with Crippen LogP contribution in [0.4, 0.5) is 0 Å². The van der Waals surface area contributed by atoms with Crippen LogP contribution < -0.4 is 4.89 Å². The Morgan fingerprint density at radius 2 is 0.731 bits per heavy atom. The molecule has 0 fully saturated rings. The number of nitrogens with zero attached hydrogens (tertiary/aromatic N) is 1. The Morgan fingerprint density at radius 1 is 0.410 bits per heavy atom. The number of carbonyl (C=O) groups excluding carboxylic acids is 2. The molecule has 10 heteroatoms. The predicted molar refractivity (Wildman–Crippen MR) is 332 cm³/mol. The van der Waals surface area contributed by atoms with E-state index in [4.69, 9.17) is 18.5 Å². The number of phosphoric acid groups is 1. The van der Waals surface area contributed by atoms with Gasteiger partial charge in [-0.3, -0.25) is 14.2 Å². The maximum atomic E-state index is 12.8. The monoisotopic (exact) mass is 1110 g/mol. The van der Waals surface area contributed by atoms with Crippen molar-refractivity contribution in [1.29, 1.82) is 0 Å². The van der Waals surface area contributed by atoms with E-state index in [0.717, 1.165) is 89.9 Å². The van der Waals surface area contributed by atoms with Crippen LogP contribution in [0.1, 0.15) is 284 Å². The quantitative estimate of drug-likeness (QED) is 0.0195. The van der Waals surface area contributed by atoms with Gasteiger partial charge in [-0.15, -0.1) is 0 Å². The average molecular weight is 1110 g/mol. The second-order valence-electron chi connectivity index (χ2n) is 22.8. The Morgan fingerprint density at radius 3 is 1.09 bits per heavy atom. The number of allylic oxidation sites excluding steroid dienone is 14. The van der Waals surface area contributed by atoms with Gasteiger partial charge in [-0.2, -0.15) is 0 Å². The van der Waals surface area contributed by atoms with Crippen molar-refractivity contribution < 1.29 is 42.1 Å². The molecule has 0 rings (SSSR count). The first-order valence-electron chi connectivity index (χ1n) is 32.3. The Bertz CT molecular complexity index is 1590. The van der Waals surface area contributed by atoms with Crippen LogP contribution in [0.5, 0.6) is 0 Å². The molecule has 2 unspecified atom stereocenters. The minimum absolute atomic E-state index is 0.0356. The summed E-state index contributed by atoms with van der Waals surface area (Å²) >= 11 is 0. The largest absolute Gasteiger partial charge is 0.756 e. The number of hydrogen-bond donors (Lipinski definition) is 0. The van der Waals surface area contributed by atoms with Gasteiger partial charge in [-0.25, -0.2) is 0 Å². The van der Waals surface area contributed by atoms with E-state index in [1.54, 1.807) is 0 Å². The lowest BCUT2D eigenvalue weighted by atomic mass is 10.0. The Hall–Kier alpha value is -2.81. The maximum absolute atomic E-state index is 12.8. The highest BCUT2D eigenvalue weighted by molar-refractivity contribution is 7.45. The third-order valence-corrected chi connectivity index (χ3v) is 14.9. The molecular formula is C68H122NO8P. The van der Waals surface area contributed by atoms with Gasteiger partial charge in [-0.05, 0) is 70.6 Å². The van der Waals surface area contributed by atoms with Crippen molar-refractivity contribution >= 4 is 19.8 Å². The van der Waals surface area contributed by atoms with Crippen molar-refractivity contribution in [2.24, 2.45) is 0 Å². The van der Waals surface area contributed by atoms with Crippen molar-refractivity contribution in [2.45, 2.75) is 290 Å². The highest BCUT2D eigenvalue weighted by atomic mass is 31.2. The summed E-state index contributed by atoms with van der Waals surface area (Å²) in [7, 11) is 1.16. The number of rotatable bonds is 59. The van der Waals surface area contributed by atoms with Crippen LogP contribution in [-0.4, -0.2) is 70.0 Å². The van der Waals surface area contributed by atoms with Crippen molar-refractivity contribution in [1.82, 2.24) is 0 Å². The lowest BCUT2D eigenvalue weighted by Crippen LogP contribution is -2.37. The van der Waals surface area contributed by atoms with Crippen LogP contribution in [0.2, 0.25) is 0 Å². The molecule has 0 bridgehead atoms. The predicted octanol–water partition coefficient (Wildman–Crippen LogP) is 20.0. The number of carbonyl (C=O) groups is 2. The first-order valence-corrected chi connectivity index (χ1v) is 33.8. The molecular weight excluding hydrogens is 990 g/mol. The molecule has 0 N–H and O–H groups in total. The zero-order valence-electron chi connectivity index (χ0n) is 51.3. The molecule has 2 atom stereocenters. The van der Waals surface area contributed by atoms with Crippen LogP contribution in [0, 0.1) is 0 Å². The molecule has 0 radical (unpaired) electrons. The molecule has 0 aliphatic rings. The third-order valence-electron chi connectivity index (χ3n) is 13.9. The molecule has 0 amide bonds. The van der Waals surface area contributed by atoms with E-state index < -0.39 is 26.5 Å². The number of phosphoric ester groups is 1. The molecule has 0 saturated heterocycles. The van der Waals surface area contributed by atoms with Crippen LogP contribution >= 0.6 is 7.82 Å². The fourth-order valence-electron chi connectivity index (χ4n) is 8.99. The number of likely N-dealkylation sites (N-methyl/N-ethyl adjacent to an activating group) is 1. The molecule has 0 heterocycles. The van der Waals surface area contributed by atoms with Gasteiger partial charge in [0.25, 0.3) is 7.82 Å². The van der Waals surface area contributed by atoms with E-state index >= 15 is 0 Å². The van der Waals surface area contributed by atoms with Crippen LogP contribution in [0.15, 0.2) is 85.1 Å².